The molecule has 0 aliphatic carbocycles. The van der Waals surface area contributed by atoms with Gasteiger partial charge in [0.2, 0.25) is 0 Å². The van der Waals surface area contributed by atoms with Gasteiger partial charge in [-0.3, -0.25) is 4.99 Å². The lowest BCUT2D eigenvalue weighted by molar-refractivity contribution is 0.669. The van der Waals surface area contributed by atoms with E-state index in [2.05, 4.69) is 131 Å². The highest BCUT2D eigenvalue weighted by Gasteiger charge is 2.23. The van der Waals surface area contributed by atoms with Gasteiger partial charge in [-0.05, 0) is 48.0 Å². The molecular weight excluding hydrogens is 514 g/mol. The van der Waals surface area contributed by atoms with Gasteiger partial charge < -0.3 is 14.3 Å². The highest BCUT2D eigenvalue weighted by Crippen LogP contribution is 2.39. The van der Waals surface area contributed by atoms with Crippen LogP contribution in [0, 0.1) is 0 Å². The first-order valence-corrected chi connectivity index (χ1v) is 14.3. The summed E-state index contributed by atoms with van der Waals surface area (Å²) in [6.07, 6.45) is -0.215. The SMILES string of the molecule is c1ccc(C2=NC(c3cccc(-n4c5ccccc5c5cc6oc7ccccc7c6cc54)c3)Nc3ccccc32)cc1. The molecule has 0 fully saturated rings. The fraction of sp³-hybridized carbons (Fsp3) is 0.0263. The van der Waals surface area contributed by atoms with E-state index in [9.17, 15) is 0 Å². The van der Waals surface area contributed by atoms with Crippen LogP contribution in [0.4, 0.5) is 5.69 Å². The van der Waals surface area contributed by atoms with Gasteiger partial charge in [-0.25, -0.2) is 0 Å². The maximum Gasteiger partial charge on any atom is 0.145 e. The molecule has 4 heteroatoms. The van der Waals surface area contributed by atoms with E-state index in [-0.39, 0.29) is 6.17 Å². The predicted octanol–water partition coefficient (Wildman–Crippen LogP) is 9.64. The largest absolute Gasteiger partial charge is 0.456 e. The molecule has 8 aromatic rings. The minimum Gasteiger partial charge on any atom is -0.456 e. The summed E-state index contributed by atoms with van der Waals surface area (Å²) in [5.41, 5.74) is 10.7. The number of aliphatic imine (C=N–C) groups is 1. The summed E-state index contributed by atoms with van der Waals surface area (Å²) < 4.78 is 8.63. The Morgan fingerprint density at radius 1 is 0.571 bits per heavy atom. The fourth-order valence-corrected chi connectivity index (χ4v) is 6.48. The Morgan fingerprint density at radius 3 is 2.29 bits per heavy atom. The van der Waals surface area contributed by atoms with Crippen LogP contribution in [0.15, 0.2) is 149 Å². The molecule has 9 rings (SSSR count). The molecule has 1 aliphatic heterocycles. The molecule has 0 spiro atoms. The third kappa shape index (κ3) is 3.45. The average Bonchev–Trinajstić information content (AvgIpc) is 3.58. The van der Waals surface area contributed by atoms with E-state index >= 15 is 0 Å². The number of nitrogens with zero attached hydrogens (tertiary/aromatic N) is 2. The molecule has 6 aromatic carbocycles. The van der Waals surface area contributed by atoms with Crippen LogP contribution in [0.25, 0.3) is 49.4 Å². The zero-order valence-electron chi connectivity index (χ0n) is 22.7. The summed E-state index contributed by atoms with van der Waals surface area (Å²) in [6.45, 7) is 0. The zero-order chi connectivity index (χ0) is 27.6. The van der Waals surface area contributed by atoms with Crippen molar-refractivity contribution in [1.29, 1.82) is 0 Å². The van der Waals surface area contributed by atoms with Crippen molar-refractivity contribution >= 4 is 55.1 Å². The van der Waals surface area contributed by atoms with Crippen LogP contribution in [-0.4, -0.2) is 10.3 Å². The van der Waals surface area contributed by atoms with Crippen molar-refractivity contribution in [2.24, 2.45) is 4.99 Å². The number of para-hydroxylation sites is 3. The molecule has 1 aliphatic rings. The number of aromatic nitrogens is 1. The van der Waals surface area contributed by atoms with E-state index in [4.69, 9.17) is 9.41 Å². The molecule has 2 aromatic heterocycles. The van der Waals surface area contributed by atoms with Gasteiger partial charge in [-0.15, -0.1) is 0 Å². The van der Waals surface area contributed by atoms with Crippen molar-refractivity contribution in [2.45, 2.75) is 6.17 Å². The lowest BCUT2D eigenvalue weighted by Gasteiger charge is -2.26. The van der Waals surface area contributed by atoms with Crippen molar-refractivity contribution in [3.8, 4) is 5.69 Å². The Labute approximate surface area is 242 Å². The molecule has 0 radical (unpaired) electrons. The van der Waals surface area contributed by atoms with Gasteiger partial charge in [0.05, 0.1) is 16.7 Å². The topological polar surface area (TPSA) is 42.5 Å². The second-order valence-corrected chi connectivity index (χ2v) is 10.8. The minimum absolute atomic E-state index is 0.215. The van der Waals surface area contributed by atoms with Crippen LogP contribution >= 0.6 is 0 Å². The summed E-state index contributed by atoms with van der Waals surface area (Å²) in [5, 5.41) is 8.33. The maximum absolute atomic E-state index is 6.27. The third-order valence-corrected chi connectivity index (χ3v) is 8.40. The number of anilines is 1. The summed E-state index contributed by atoms with van der Waals surface area (Å²) in [7, 11) is 0. The molecule has 198 valence electrons. The van der Waals surface area contributed by atoms with Crippen molar-refractivity contribution < 1.29 is 4.42 Å². The van der Waals surface area contributed by atoms with Gasteiger partial charge in [0, 0.05) is 44.0 Å². The number of fused-ring (bicyclic) bond motifs is 7. The van der Waals surface area contributed by atoms with E-state index in [0.717, 1.165) is 66.7 Å². The smallest absolute Gasteiger partial charge is 0.145 e. The average molecular weight is 540 g/mol. The molecule has 42 heavy (non-hydrogen) atoms. The maximum atomic E-state index is 6.27. The monoisotopic (exact) mass is 539 g/mol. The van der Waals surface area contributed by atoms with Gasteiger partial charge in [0.1, 0.15) is 17.3 Å². The number of hydrogen-bond acceptors (Lipinski definition) is 3. The van der Waals surface area contributed by atoms with Crippen LogP contribution in [-0.2, 0) is 0 Å². The first-order chi connectivity index (χ1) is 20.8. The summed E-state index contributed by atoms with van der Waals surface area (Å²) >= 11 is 0. The second kappa shape index (κ2) is 8.95. The second-order valence-electron chi connectivity index (χ2n) is 10.8. The third-order valence-electron chi connectivity index (χ3n) is 8.40. The molecular formula is C38H25N3O. The summed E-state index contributed by atoms with van der Waals surface area (Å²) in [4.78, 5) is 5.26. The first kappa shape index (κ1) is 23.1. The summed E-state index contributed by atoms with van der Waals surface area (Å²) in [6, 6.07) is 49.0. The van der Waals surface area contributed by atoms with Crippen molar-refractivity contribution in [3.63, 3.8) is 0 Å². The molecule has 1 unspecified atom stereocenters. The van der Waals surface area contributed by atoms with Gasteiger partial charge in [-0.1, -0.05) is 97.1 Å². The van der Waals surface area contributed by atoms with Gasteiger partial charge >= 0.3 is 0 Å². The van der Waals surface area contributed by atoms with Crippen LogP contribution in [0.2, 0.25) is 0 Å². The Bertz CT molecular complexity index is 2340. The molecule has 1 atom stereocenters. The van der Waals surface area contributed by atoms with Crippen molar-refractivity contribution in [3.05, 3.63) is 156 Å². The lowest BCUT2D eigenvalue weighted by atomic mass is 9.97. The first-order valence-electron chi connectivity index (χ1n) is 14.3. The molecule has 0 saturated heterocycles. The number of nitrogens with one attached hydrogen (secondary N) is 1. The van der Waals surface area contributed by atoms with Crippen LogP contribution in [0.1, 0.15) is 22.9 Å². The standard InChI is InChI=1S/C38H25N3O/c1-2-11-24(12-3-1)37-29-17-4-7-18-32(29)39-38(40-37)25-13-10-14-26(21-25)41-33-19-8-5-15-27(33)30-23-36-31(22-34(30)41)28-16-6-9-20-35(28)42-36/h1-23,38-39H. The quantitative estimate of drug-likeness (QED) is 0.243. The van der Waals surface area contributed by atoms with Gasteiger partial charge in [-0.2, -0.15) is 0 Å². The highest BCUT2D eigenvalue weighted by molar-refractivity contribution is 6.18. The van der Waals surface area contributed by atoms with E-state index in [1.54, 1.807) is 0 Å². The van der Waals surface area contributed by atoms with E-state index in [1.807, 2.05) is 18.2 Å². The number of benzene rings is 6. The number of hydrogen-bond donors (Lipinski definition) is 1. The van der Waals surface area contributed by atoms with E-state index in [1.165, 1.54) is 10.8 Å². The van der Waals surface area contributed by atoms with E-state index < -0.39 is 0 Å². The molecule has 0 saturated carbocycles. The minimum atomic E-state index is -0.215. The summed E-state index contributed by atoms with van der Waals surface area (Å²) in [5.74, 6) is 0. The molecule has 0 amide bonds. The van der Waals surface area contributed by atoms with Crippen molar-refractivity contribution in [2.75, 3.05) is 5.32 Å². The Morgan fingerprint density at radius 2 is 1.36 bits per heavy atom. The molecule has 4 nitrogen and oxygen atoms in total. The van der Waals surface area contributed by atoms with Crippen LogP contribution < -0.4 is 5.32 Å². The van der Waals surface area contributed by atoms with Crippen LogP contribution in [0.3, 0.4) is 0 Å². The van der Waals surface area contributed by atoms with Gasteiger partial charge in [0.25, 0.3) is 0 Å². The predicted molar refractivity (Wildman–Crippen MR) is 173 cm³/mol. The normalized spacial score (nSPS) is 14.8. The molecule has 1 N–H and O–H groups in total. The lowest BCUT2D eigenvalue weighted by Crippen LogP contribution is -2.20. The Kier molecular flexibility index (Phi) is 4.93. The molecule has 0 bridgehead atoms. The fourth-order valence-electron chi connectivity index (χ4n) is 6.48. The number of rotatable bonds is 3. The number of furan rings is 1. The van der Waals surface area contributed by atoms with E-state index in [0.29, 0.717) is 0 Å². The Balaban J connectivity index is 1.25. The van der Waals surface area contributed by atoms with Crippen LogP contribution in [0.5, 0.6) is 0 Å². The Hall–Kier alpha value is -5.61. The van der Waals surface area contributed by atoms with Crippen molar-refractivity contribution in [1.82, 2.24) is 4.57 Å². The highest BCUT2D eigenvalue weighted by atomic mass is 16.3. The molecule has 3 heterocycles. The van der Waals surface area contributed by atoms with Gasteiger partial charge in [0.15, 0.2) is 0 Å². The zero-order valence-corrected chi connectivity index (χ0v) is 22.7.